The molecule has 2 nitrogen and oxygen atoms in total. The van der Waals surface area contributed by atoms with E-state index >= 15 is 0 Å². The Morgan fingerprint density at radius 1 is 1.00 bits per heavy atom. The van der Waals surface area contributed by atoms with Gasteiger partial charge in [-0.25, -0.2) is 0 Å². The fourth-order valence-corrected chi connectivity index (χ4v) is 3.43. The van der Waals surface area contributed by atoms with E-state index in [1.54, 1.807) is 0 Å². The van der Waals surface area contributed by atoms with Gasteiger partial charge in [-0.05, 0) is 51.6 Å². The van der Waals surface area contributed by atoms with Crippen LogP contribution in [0, 0.1) is 5.92 Å². The third-order valence-corrected chi connectivity index (χ3v) is 4.70. The van der Waals surface area contributed by atoms with Crippen LogP contribution in [0.25, 0.3) is 0 Å². The summed E-state index contributed by atoms with van der Waals surface area (Å²) >= 11 is 0. The maximum Gasteiger partial charge on any atom is 0.0107 e. The molecule has 1 N–H and O–H groups in total. The third kappa shape index (κ3) is 4.59. The Labute approximate surface area is 107 Å². The highest BCUT2D eigenvalue weighted by atomic mass is 15.1. The van der Waals surface area contributed by atoms with Crippen LogP contribution in [0.2, 0.25) is 0 Å². The molecule has 1 atom stereocenters. The second-order valence-electron chi connectivity index (χ2n) is 6.04. The summed E-state index contributed by atoms with van der Waals surface area (Å²) in [7, 11) is 0. The average Bonchev–Trinajstić information content (AvgIpc) is 2.41. The average molecular weight is 238 g/mol. The van der Waals surface area contributed by atoms with Crippen molar-refractivity contribution in [1.29, 1.82) is 0 Å². The first kappa shape index (κ1) is 13.4. The van der Waals surface area contributed by atoms with Crippen molar-refractivity contribution >= 4 is 0 Å². The van der Waals surface area contributed by atoms with Gasteiger partial charge in [0.05, 0.1) is 0 Å². The highest BCUT2D eigenvalue weighted by Gasteiger charge is 2.19. The number of hydrogen-bond acceptors (Lipinski definition) is 2. The van der Waals surface area contributed by atoms with Gasteiger partial charge in [-0.3, -0.25) is 0 Å². The summed E-state index contributed by atoms with van der Waals surface area (Å²) in [6, 6.07) is 0.736. The van der Waals surface area contributed by atoms with Gasteiger partial charge in [-0.15, -0.1) is 0 Å². The van der Waals surface area contributed by atoms with E-state index < -0.39 is 0 Å². The summed E-state index contributed by atoms with van der Waals surface area (Å²) in [4.78, 5) is 2.63. The molecule has 17 heavy (non-hydrogen) atoms. The lowest BCUT2D eigenvalue weighted by molar-refractivity contribution is 0.216. The lowest BCUT2D eigenvalue weighted by Gasteiger charge is -2.30. The van der Waals surface area contributed by atoms with Crippen molar-refractivity contribution in [2.75, 3.05) is 26.2 Å². The zero-order chi connectivity index (χ0) is 11.9. The third-order valence-electron chi connectivity index (χ3n) is 4.70. The largest absolute Gasteiger partial charge is 0.313 e. The van der Waals surface area contributed by atoms with Crippen LogP contribution in [0.15, 0.2) is 0 Å². The van der Waals surface area contributed by atoms with Gasteiger partial charge in [0.2, 0.25) is 0 Å². The minimum absolute atomic E-state index is 0.736. The van der Waals surface area contributed by atoms with E-state index in [4.69, 9.17) is 0 Å². The van der Waals surface area contributed by atoms with Crippen molar-refractivity contribution in [3.8, 4) is 0 Å². The summed E-state index contributed by atoms with van der Waals surface area (Å²) in [6.45, 7) is 7.51. The van der Waals surface area contributed by atoms with Gasteiger partial charge in [0, 0.05) is 19.1 Å². The smallest absolute Gasteiger partial charge is 0.0107 e. The van der Waals surface area contributed by atoms with E-state index in [1.807, 2.05) is 0 Å². The molecule has 1 unspecified atom stereocenters. The predicted molar refractivity (Wildman–Crippen MR) is 74.3 cm³/mol. The number of nitrogens with one attached hydrogen (secondary N) is 1. The lowest BCUT2D eigenvalue weighted by atomic mass is 9.84. The molecular formula is C15H30N2. The molecule has 1 aliphatic carbocycles. The van der Waals surface area contributed by atoms with Crippen LogP contribution in [0.3, 0.4) is 0 Å². The van der Waals surface area contributed by atoms with Crippen molar-refractivity contribution < 1.29 is 0 Å². The van der Waals surface area contributed by atoms with E-state index in [0.717, 1.165) is 12.0 Å². The molecule has 2 aliphatic rings. The van der Waals surface area contributed by atoms with Gasteiger partial charge in [0.25, 0.3) is 0 Å². The van der Waals surface area contributed by atoms with Gasteiger partial charge in [-0.2, -0.15) is 0 Å². The molecule has 0 aromatic carbocycles. The number of nitrogens with zero attached hydrogens (tertiary/aromatic N) is 1. The Hall–Kier alpha value is -0.0800. The van der Waals surface area contributed by atoms with Crippen LogP contribution < -0.4 is 5.32 Å². The van der Waals surface area contributed by atoms with Gasteiger partial charge in [0.1, 0.15) is 0 Å². The Morgan fingerprint density at radius 2 is 1.65 bits per heavy atom. The van der Waals surface area contributed by atoms with Crippen LogP contribution in [0.5, 0.6) is 0 Å². The number of likely N-dealkylation sites (tertiary alicyclic amines) is 1. The molecule has 1 saturated heterocycles. The van der Waals surface area contributed by atoms with Crippen LogP contribution in [0.1, 0.15) is 58.3 Å². The Balaban J connectivity index is 1.57. The topological polar surface area (TPSA) is 15.3 Å². The lowest BCUT2D eigenvalue weighted by Crippen LogP contribution is -2.41. The Morgan fingerprint density at radius 3 is 2.35 bits per heavy atom. The minimum Gasteiger partial charge on any atom is -0.313 e. The van der Waals surface area contributed by atoms with Crippen LogP contribution in [-0.2, 0) is 0 Å². The zero-order valence-corrected chi connectivity index (χ0v) is 11.6. The molecule has 1 aliphatic heterocycles. The molecule has 100 valence electrons. The fraction of sp³-hybridized carbons (Fsp3) is 1.00. The first-order chi connectivity index (χ1) is 8.36. The molecular weight excluding hydrogens is 208 g/mol. The number of rotatable bonds is 5. The molecule has 0 aromatic heterocycles. The van der Waals surface area contributed by atoms with Crippen molar-refractivity contribution in [3.05, 3.63) is 0 Å². The van der Waals surface area contributed by atoms with Crippen molar-refractivity contribution in [1.82, 2.24) is 10.2 Å². The fourth-order valence-electron chi connectivity index (χ4n) is 3.43. The summed E-state index contributed by atoms with van der Waals surface area (Å²) in [6.07, 6.45) is 11.6. The molecule has 2 heteroatoms. The monoisotopic (exact) mass is 238 g/mol. The van der Waals surface area contributed by atoms with Crippen LogP contribution in [-0.4, -0.2) is 37.1 Å². The second-order valence-corrected chi connectivity index (χ2v) is 6.04. The summed E-state index contributed by atoms with van der Waals surface area (Å²) in [5, 5.41) is 3.76. The van der Waals surface area contributed by atoms with Crippen molar-refractivity contribution in [2.24, 2.45) is 5.92 Å². The summed E-state index contributed by atoms with van der Waals surface area (Å²) < 4.78 is 0. The standard InChI is InChI=1S/C15H30N2/c1-14(15-8-4-2-5-9-15)16-10-13-17-11-6-3-7-12-17/h14-16H,2-13H2,1H3. The van der Waals surface area contributed by atoms with E-state index in [0.29, 0.717) is 0 Å². The zero-order valence-electron chi connectivity index (χ0n) is 11.6. The van der Waals surface area contributed by atoms with E-state index in [2.05, 4.69) is 17.1 Å². The molecule has 0 spiro atoms. The molecule has 0 aromatic rings. The SMILES string of the molecule is CC(NCCN1CCCCC1)C1CCCCC1. The highest BCUT2D eigenvalue weighted by Crippen LogP contribution is 2.26. The maximum absolute atomic E-state index is 3.76. The summed E-state index contributed by atoms with van der Waals surface area (Å²) in [5.74, 6) is 0.949. The summed E-state index contributed by atoms with van der Waals surface area (Å²) in [5.41, 5.74) is 0. The van der Waals surface area contributed by atoms with Gasteiger partial charge >= 0.3 is 0 Å². The van der Waals surface area contributed by atoms with Crippen molar-refractivity contribution in [3.63, 3.8) is 0 Å². The molecule has 0 amide bonds. The van der Waals surface area contributed by atoms with Crippen LogP contribution >= 0.6 is 0 Å². The second kappa shape index (κ2) is 7.38. The molecule has 0 bridgehead atoms. The molecule has 2 rings (SSSR count). The van der Waals surface area contributed by atoms with E-state index in [-0.39, 0.29) is 0 Å². The van der Waals surface area contributed by atoms with Gasteiger partial charge in [0.15, 0.2) is 0 Å². The Kier molecular flexibility index (Phi) is 5.79. The normalized spacial score (nSPS) is 25.9. The molecule has 1 heterocycles. The van der Waals surface area contributed by atoms with Gasteiger partial charge < -0.3 is 10.2 Å². The number of hydrogen-bond donors (Lipinski definition) is 1. The van der Waals surface area contributed by atoms with Crippen LogP contribution in [0.4, 0.5) is 0 Å². The van der Waals surface area contributed by atoms with E-state index in [9.17, 15) is 0 Å². The minimum atomic E-state index is 0.736. The molecule has 0 radical (unpaired) electrons. The number of piperidine rings is 1. The Bertz CT molecular complexity index is 193. The van der Waals surface area contributed by atoms with Gasteiger partial charge in [-0.1, -0.05) is 25.7 Å². The first-order valence-corrected chi connectivity index (χ1v) is 7.82. The quantitative estimate of drug-likeness (QED) is 0.792. The molecule has 2 fully saturated rings. The first-order valence-electron chi connectivity index (χ1n) is 7.82. The van der Waals surface area contributed by atoms with Crippen molar-refractivity contribution in [2.45, 2.75) is 64.3 Å². The molecule has 1 saturated carbocycles. The van der Waals surface area contributed by atoms with E-state index in [1.165, 1.54) is 77.5 Å². The highest BCUT2D eigenvalue weighted by molar-refractivity contribution is 4.76. The predicted octanol–water partition coefficient (Wildman–Crippen LogP) is 3.03. The maximum atomic E-state index is 3.76.